The summed E-state index contributed by atoms with van der Waals surface area (Å²) in [4.78, 5) is 22.9. The number of hydrogen-bond donors (Lipinski definition) is 1. The molecule has 26 heavy (non-hydrogen) atoms. The number of Topliss-reactive ketones (excluding diaryl/α,β-unsaturated/α-hetero) is 1. The van der Waals surface area contributed by atoms with Crippen molar-refractivity contribution in [2.75, 3.05) is 25.5 Å². The monoisotopic (exact) mass is 343 g/mol. The van der Waals surface area contributed by atoms with Crippen molar-refractivity contribution in [2.45, 2.75) is 18.8 Å². The van der Waals surface area contributed by atoms with E-state index in [2.05, 4.69) is 54.3 Å². The van der Waals surface area contributed by atoms with Crippen LogP contribution in [0.3, 0.4) is 0 Å². The molecule has 0 amide bonds. The van der Waals surface area contributed by atoms with Gasteiger partial charge in [-0.3, -0.25) is 9.79 Å². The van der Waals surface area contributed by atoms with Crippen LogP contribution in [-0.4, -0.2) is 37.1 Å². The van der Waals surface area contributed by atoms with Crippen molar-refractivity contribution < 1.29 is 4.79 Å². The molecule has 1 unspecified atom stereocenters. The third-order valence-electron chi connectivity index (χ3n) is 5.68. The number of nitrogens with one attached hydrogen (secondary N) is 1. The maximum Gasteiger partial charge on any atom is 0.184 e. The molecule has 0 saturated carbocycles. The highest BCUT2D eigenvalue weighted by Gasteiger charge is 2.31. The van der Waals surface area contributed by atoms with Crippen molar-refractivity contribution in [3.05, 3.63) is 64.8 Å². The molecule has 1 aliphatic heterocycles. The van der Waals surface area contributed by atoms with E-state index in [0.29, 0.717) is 5.92 Å². The first kappa shape index (κ1) is 15.4. The lowest BCUT2D eigenvalue weighted by Gasteiger charge is -2.25. The molecule has 1 N–H and O–H groups in total. The predicted octanol–water partition coefficient (Wildman–Crippen LogP) is 3.95. The summed E-state index contributed by atoms with van der Waals surface area (Å²) in [5.41, 5.74) is 7.89. The zero-order valence-electron chi connectivity index (χ0n) is 15.0. The summed E-state index contributed by atoms with van der Waals surface area (Å²) in [6.07, 6.45) is 1.85. The van der Waals surface area contributed by atoms with E-state index in [1.807, 2.05) is 12.1 Å². The number of ketones is 1. The van der Waals surface area contributed by atoms with Gasteiger partial charge in [-0.15, -0.1) is 0 Å². The topological polar surface area (TPSA) is 48.5 Å². The summed E-state index contributed by atoms with van der Waals surface area (Å²) < 4.78 is 0. The average molecular weight is 343 g/mol. The quantitative estimate of drug-likeness (QED) is 0.766. The van der Waals surface area contributed by atoms with Gasteiger partial charge in [0.2, 0.25) is 0 Å². The molecule has 1 aliphatic carbocycles. The van der Waals surface area contributed by atoms with Crippen molar-refractivity contribution in [3.8, 4) is 0 Å². The van der Waals surface area contributed by atoms with Crippen LogP contribution in [0.25, 0.3) is 10.9 Å². The number of aliphatic imine (C=N–C) groups is 1. The number of rotatable bonds is 2. The van der Waals surface area contributed by atoms with Crippen molar-refractivity contribution in [1.82, 2.24) is 4.98 Å². The van der Waals surface area contributed by atoms with Crippen LogP contribution in [0, 0.1) is 0 Å². The second-order valence-corrected chi connectivity index (χ2v) is 7.48. The number of aromatic amines is 1. The number of carbonyl (C=O) groups excluding carboxylic acids is 1. The summed E-state index contributed by atoms with van der Waals surface area (Å²) in [7, 11) is 4.11. The molecule has 0 bridgehead atoms. The standard InChI is InChI=1S/C22H21N3O/c1-25(2)15-8-6-13(7-9-15)14-10-18-22-19(11-14)24-17-5-3-4-16(21(17)22)20(26)12-23-18/h3-9,14,24H,10-12H2,1-2H3. The molecule has 5 rings (SSSR count). The highest BCUT2D eigenvalue weighted by atomic mass is 16.1. The van der Waals surface area contributed by atoms with Crippen LogP contribution < -0.4 is 4.90 Å². The molecule has 4 nitrogen and oxygen atoms in total. The molecule has 130 valence electrons. The molecule has 4 heteroatoms. The Labute approximate surface area is 152 Å². The van der Waals surface area contributed by atoms with Gasteiger partial charge in [-0.2, -0.15) is 0 Å². The Morgan fingerprint density at radius 2 is 1.88 bits per heavy atom. The molecule has 0 spiro atoms. The minimum atomic E-state index is 0.117. The van der Waals surface area contributed by atoms with Gasteiger partial charge in [0.15, 0.2) is 5.78 Å². The van der Waals surface area contributed by atoms with E-state index in [9.17, 15) is 4.79 Å². The van der Waals surface area contributed by atoms with Gasteiger partial charge in [-0.05, 0) is 42.5 Å². The predicted molar refractivity (Wildman–Crippen MR) is 106 cm³/mol. The molecule has 2 aromatic carbocycles. The third kappa shape index (κ3) is 2.22. The normalized spacial score (nSPS) is 18.6. The van der Waals surface area contributed by atoms with Gasteiger partial charge in [0.25, 0.3) is 0 Å². The van der Waals surface area contributed by atoms with Crippen LogP contribution >= 0.6 is 0 Å². The number of benzene rings is 2. The second kappa shape index (κ2) is 5.56. The first-order valence-electron chi connectivity index (χ1n) is 9.09. The summed E-state index contributed by atoms with van der Waals surface area (Å²) in [6, 6.07) is 14.7. The fourth-order valence-electron chi connectivity index (χ4n) is 4.34. The summed E-state index contributed by atoms with van der Waals surface area (Å²) in [5, 5.41) is 1.07. The van der Waals surface area contributed by atoms with Crippen LogP contribution in [0.15, 0.2) is 47.5 Å². The van der Waals surface area contributed by atoms with Crippen molar-refractivity contribution in [3.63, 3.8) is 0 Å². The Morgan fingerprint density at radius 1 is 1.08 bits per heavy atom. The maximum absolute atomic E-state index is 12.5. The third-order valence-corrected chi connectivity index (χ3v) is 5.68. The maximum atomic E-state index is 12.5. The lowest BCUT2D eigenvalue weighted by molar-refractivity contribution is 0.100. The van der Waals surface area contributed by atoms with Gasteiger partial charge in [0.05, 0.1) is 0 Å². The number of hydrogen-bond acceptors (Lipinski definition) is 3. The van der Waals surface area contributed by atoms with Crippen molar-refractivity contribution >= 4 is 28.1 Å². The highest BCUT2D eigenvalue weighted by molar-refractivity contribution is 6.22. The van der Waals surface area contributed by atoms with Gasteiger partial charge >= 0.3 is 0 Å². The van der Waals surface area contributed by atoms with E-state index in [0.717, 1.165) is 35.0 Å². The van der Waals surface area contributed by atoms with Crippen LogP contribution in [0.2, 0.25) is 0 Å². The summed E-state index contributed by atoms with van der Waals surface area (Å²) in [6.45, 7) is 0.259. The van der Waals surface area contributed by atoms with Gasteiger partial charge in [-0.25, -0.2) is 0 Å². The smallest absolute Gasteiger partial charge is 0.184 e. The Hall–Kier alpha value is -2.88. The van der Waals surface area contributed by atoms with E-state index in [-0.39, 0.29) is 12.3 Å². The molecule has 0 fully saturated rings. The van der Waals surface area contributed by atoms with Crippen LogP contribution in [-0.2, 0) is 6.42 Å². The largest absolute Gasteiger partial charge is 0.378 e. The average Bonchev–Trinajstić information content (AvgIpc) is 2.97. The molecule has 0 radical (unpaired) electrons. The van der Waals surface area contributed by atoms with Gasteiger partial charge in [0, 0.05) is 53.2 Å². The van der Waals surface area contributed by atoms with Gasteiger partial charge in [0.1, 0.15) is 6.54 Å². The van der Waals surface area contributed by atoms with Gasteiger partial charge < -0.3 is 9.88 Å². The Bertz CT molecular complexity index is 1060. The zero-order valence-corrected chi connectivity index (χ0v) is 15.0. The van der Waals surface area contributed by atoms with Crippen molar-refractivity contribution in [1.29, 1.82) is 0 Å². The second-order valence-electron chi connectivity index (χ2n) is 7.48. The number of nitrogens with zero attached hydrogens (tertiary/aromatic N) is 2. The molecule has 2 aliphatic rings. The van der Waals surface area contributed by atoms with E-state index in [1.165, 1.54) is 22.5 Å². The lowest BCUT2D eigenvalue weighted by Crippen LogP contribution is -2.19. The number of carbonyl (C=O) groups is 1. The molecule has 3 aromatic rings. The summed E-state index contributed by atoms with van der Waals surface area (Å²) in [5.74, 6) is 0.508. The number of anilines is 1. The first-order chi connectivity index (χ1) is 12.6. The molecular weight excluding hydrogens is 322 g/mol. The molecule has 1 aromatic heterocycles. The Kier molecular flexibility index (Phi) is 3.29. The fraction of sp³-hybridized carbons (Fsp3) is 0.273. The van der Waals surface area contributed by atoms with Crippen LogP contribution in [0.5, 0.6) is 0 Å². The van der Waals surface area contributed by atoms with E-state index in [1.54, 1.807) is 0 Å². The van der Waals surface area contributed by atoms with Crippen LogP contribution in [0.1, 0.15) is 39.5 Å². The van der Waals surface area contributed by atoms with E-state index in [4.69, 9.17) is 4.99 Å². The fourth-order valence-corrected chi connectivity index (χ4v) is 4.34. The lowest BCUT2D eigenvalue weighted by atomic mass is 9.81. The minimum absolute atomic E-state index is 0.117. The number of aromatic nitrogens is 1. The summed E-state index contributed by atoms with van der Waals surface area (Å²) >= 11 is 0. The SMILES string of the molecule is CN(C)c1ccc(C2CC3=NCC(=O)c4cccc5[nH]c(c3c45)C2)cc1. The number of H-pyrrole nitrogens is 1. The zero-order chi connectivity index (χ0) is 17.8. The van der Waals surface area contributed by atoms with Crippen molar-refractivity contribution in [2.24, 2.45) is 4.99 Å². The molecule has 1 atom stereocenters. The Balaban J connectivity index is 1.61. The van der Waals surface area contributed by atoms with Crippen LogP contribution in [0.4, 0.5) is 5.69 Å². The van der Waals surface area contributed by atoms with Gasteiger partial charge in [-0.1, -0.05) is 24.3 Å². The Morgan fingerprint density at radius 3 is 2.65 bits per heavy atom. The van der Waals surface area contributed by atoms with E-state index < -0.39 is 0 Å². The minimum Gasteiger partial charge on any atom is -0.378 e. The molecule has 2 heterocycles. The molecular formula is C22H21N3O. The first-order valence-corrected chi connectivity index (χ1v) is 9.09. The highest BCUT2D eigenvalue weighted by Crippen LogP contribution is 2.39. The van der Waals surface area contributed by atoms with E-state index >= 15 is 0 Å². The molecule has 0 saturated heterocycles.